The molecule has 0 saturated heterocycles. The molecule has 0 fully saturated rings. The third-order valence-corrected chi connectivity index (χ3v) is 4.23. The quantitative estimate of drug-likeness (QED) is 0.528. The first-order valence-electron chi connectivity index (χ1n) is 8.77. The molecule has 2 heterocycles. The van der Waals surface area contributed by atoms with Crippen LogP contribution >= 0.6 is 0 Å². The smallest absolute Gasteiger partial charge is 0.241 e. The van der Waals surface area contributed by atoms with E-state index < -0.39 is 28.9 Å². The molecule has 0 saturated carbocycles. The molecule has 0 aliphatic carbocycles. The Hall–Kier alpha value is -4.01. The van der Waals surface area contributed by atoms with Crippen LogP contribution in [-0.4, -0.2) is 21.0 Å². The van der Waals surface area contributed by atoms with E-state index in [0.29, 0.717) is 12.1 Å². The van der Waals surface area contributed by atoms with Crippen LogP contribution in [0.1, 0.15) is 5.56 Å². The largest absolute Gasteiger partial charge is 0.337 e. The summed E-state index contributed by atoms with van der Waals surface area (Å²) in [5.41, 5.74) is 0.146. The van der Waals surface area contributed by atoms with Crippen LogP contribution in [0, 0.1) is 17.5 Å². The zero-order chi connectivity index (χ0) is 21.1. The van der Waals surface area contributed by atoms with Crippen molar-refractivity contribution in [1.29, 1.82) is 0 Å². The molecule has 4 rings (SSSR count). The standard InChI is InChI=1S/C21H13F3N4O2/c22-13-9-14(23)18(15(24)10-13)20-19(16-6-7-25-11-26-16)21(30-28-20)27-17(29)8-12-4-2-1-3-5-12/h1-7,9-11H,8H2,(H,27,29). The number of nitrogens with one attached hydrogen (secondary N) is 1. The highest BCUT2D eigenvalue weighted by molar-refractivity contribution is 5.97. The lowest BCUT2D eigenvalue weighted by Gasteiger charge is -2.07. The lowest BCUT2D eigenvalue weighted by molar-refractivity contribution is -0.115. The average molecular weight is 410 g/mol. The number of anilines is 1. The Morgan fingerprint density at radius 2 is 1.73 bits per heavy atom. The molecule has 6 nitrogen and oxygen atoms in total. The van der Waals surface area contributed by atoms with Gasteiger partial charge in [0.05, 0.1) is 23.2 Å². The Bertz CT molecular complexity index is 1170. The Kier molecular flexibility index (Phi) is 5.25. The molecule has 9 heteroatoms. The summed E-state index contributed by atoms with van der Waals surface area (Å²) in [7, 11) is 0. The summed E-state index contributed by atoms with van der Waals surface area (Å²) < 4.78 is 47.3. The fraction of sp³-hybridized carbons (Fsp3) is 0.0476. The maximum atomic E-state index is 14.4. The summed E-state index contributed by atoms with van der Waals surface area (Å²) in [4.78, 5) is 20.3. The lowest BCUT2D eigenvalue weighted by Crippen LogP contribution is -2.14. The van der Waals surface area contributed by atoms with E-state index >= 15 is 0 Å². The number of nitrogens with zero attached hydrogens (tertiary/aromatic N) is 3. The highest BCUT2D eigenvalue weighted by Gasteiger charge is 2.27. The second-order valence-electron chi connectivity index (χ2n) is 6.28. The van der Waals surface area contributed by atoms with Crippen LogP contribution in [0.5, 0.6) is 0 Å². The summed E-state index contributed by atoms with van der Waals surface area (Å²) >= 11 is 0. The molecule has 150 valence electrons. The van der Waals surface area contributed by atoms with Gasteiger partial charge in [0.2, 0.25) is 11.8 Å². The zero-order valence-electron chi connectivity index (χ0n) is 15.3. The Labute approximate surface area is 168 Å². The summed E-state index contributed by atoms with van der Waals surface area (Å²) in [5.74, 6) is -3.99. The number of aromatic nitrogens is 3. The van der Waals surface area contributed by atoms with Gasteiger partial charge < -0.3 is 4.52 Å². The molecule has 2 aromatic heterocycles. The zero-order valence-corrected chi connectivity index (χ0v) is 15.3. The minimum atomic E-state index is -1.17. The maximum Gasteiger partial charge on any atom is 0.241 e. The van der Waals surface area contributed by atoms with Gasteiger partial charge in [0.1, 0.15) is 29.5 Å². The molecule has 0 aliphatic rings. The molecule has 0 unspecified atom stereocenters. The van der Waals surface area contributed by atoms with Crippen LogP contribution in [0.15, 0.2) is 65.6 Å². The highest BCUT2D eigenvalue weighted by atomic mass is 19.1. The summed E-state index contributed by atoms with van der Waals surface area (Å²) in [6.45, 7) is 0. The van der Waals surface area contributed by atoms with Crippen molar-refractivity contribution in [1.82, 2.24) is 15.1 Å². The van der Waals surface area contributed by atoms with Crippen molar-refractivity contribution < 1.29 is 22.5 Å². The minimum Gasteiger partial charge on any atom is -0.337 e. The van der Waals surface area contributed by atoms with Crippen LogP contribution in [-0.2, 0) is 11.2 Å². The van der Waals surface area contributed by atoms with Crippen molar-refractivity contribution in [3.05, 3.63) is 84.1 Å². The third kappa shape index (κ3) is 3.90. The molecule has 0 spiro atoms. The van der Waals surface area contributed by atoms with Crippen LogP contribution in [0.25, 0.3) is 22.5 Å². The van der Waals surface area contributed by atoms with E-state index in [1.54, 1.807) is 24.3 Å². The van der Waals surface area contributed by atoms with Crippen LogP contribution in [0.2, 0.25) is 0 Å². The predicted molar refractivity (Wildman–Crippen MR) is 102 cm³/mol. The Morgan fingerprint density at radius 3 is 2.40 bits per heavy atom. The molecular weight excluding hydrogens is 397 g/mol. The molecule has 0 aliphatic heterocycles. The van der Waals surface area contributed by atoms with Crippen molar-refractivity contribution >= 4 is 11.8 Å². The van der Waals surface area contributed by atoms with E-state index in [1.807, 2.05) is 6.07 Å². The van der Waals surface area contributed by atoms with E-state index in [4.69, 9.17) is 4.52 Å². The number of benzene rings is 2. The van der Waals surface area contributed by atoms with Gasteiger partial charge in [-0.25, -0.2) is 23.1 Å². The minimum absolute atomic E-state index is 0.0410. The number of carbonyl (C=O) groups is 1. The van der Waals surface area contributed by atoms with Crippen LogP contribution in [0.3, 0.4) is 0 Å². The number of amides is 1. The molecule has 1 N–H and O–H groups in total. The SMILES string of the molecule is O=C(Cc1ccccc1)Nc1onc(-c2c(F)cc(F)cc2F)c1-c1ccncn1. The molecule has 0 atom stereocenters. The topological polar surface area (TPSA) is 80.9 Å². The molecule has 0 bridgehead atoms. The highest BCUT2D eigenvalue weighted by Crippen LogP contribution is 2.39. The van der Waals surface area contributed by atoms with E-state index in [9.17, 15) is 18.0 Å². The van der Waals surface area contributed by atoms with Gasteiger partial charge in [-0.15, -0.1) is 0 Å². The monoisotopic (exact) mass is 410 g/mol. The van der Waals surface area contributed by atoms with E-state index in [2.05, 4.69) is 20.4 Å². The third-order valence-electron chi connectivity index (χ3n) is 4.23. The molecule has 30 heavy (non-hydrogen) atoms. The number of hydrogen-bond donors (Lipinski definition) is 1. The van der Waals surface area contributed by atoms with Gasteiger partial charge >= 0.3 is 0 Å². The average Bonchev–Trinajstić information content (AvgIpc) is 3.11. The Balaban J connectivity index is 1.76. The van der Waals surface area contributed by atoms with Gasteiger partial charge in [0.15, 0.2) is 0 Å². The molecule has 1 amide bonds. The first-order chi connectivity index (χ1) is 14.5. The van der Waals surface area contributed by atoms with E-state index in [0.717, 1.165) is 5.56 Å². The van der Waals surface area contributed by atoms with Crippen LogP contribution in [0.4, 0.5) is 19.1 Å². The number of rotatable bonds is 5. The van der Waals surface area contributed by atoms with Gasteiger partial charge in [-0.2, -0.15) is 0 Å². The first kappa shape index (κ1) is 19.3. The van der Waals surface area contributed by atoms with Crippen molar-refractivity contribution in [2.24, 2.45) is 0 Å². The van der Waals surface area contributed by atoms with Crippen molar-refractivity contribution in [3.63, 3.8) is 0 Å². The van der Waals surface area contributed by atoms with E-state index in [-0.39, 0.29) is 29.3 Å². The van der Waals surface area contributed by atoms with E-state index in [1.165, 1.54) is 18.6 Å². The van der Waals surface area contributed by atoms with Gasteiger partial charge in [-0.1, -0.05) is 35.5 Å². The Morgan fingerprint density at radius 1 is 1.00 bits per heavy atom. The van der Waals surface area contributed by atoms with Crippen molar-refractivity contribution in [2.75, 3.05) is 5.32 Å². The van der Waals surface area contributed by atoms with Crippen molar-refractivity contribution in [2.45, 2.75) is 6.42 Å². The fourth-order valence-electron chi connectivity index (χ4n) is 2.94. The molecular formula is C21H13F3N4O2. The van der Waals surface area contributed by atoms with Crippen LogP contribution < -0.4 is 5.32 Å². The molecule has 0 radical (unpaired) electrons. The number of carbonyl (C=O) groups excluding carboxylic acids is 1. The lowest BCUT2D eigenvalue weighted by atomic mass is 10.0. The molecule has 4 aromatic rings. The van der Waals surface area contributed by atoms with Gasteiger partial charge in [0, 0.05) is 18.3 Å². The first-order valence-corrected chi connectivity index (χ1v) is 8.77. The van der Waals surface area contributed by atoms with Gasteiger partial charge in [-0.05, 0) is 11.6 Å². The normalized spacial score (nSPS) is 10.8. The summed E-state index contributed by atoms with van der Waals surface area (Å²) in [6, 6.07) is 11.5. The summed E-state index contributed by atoms with van der Waals surface area (Å²) in [6.07, 6.45) is 2.67. The maximum absolute atomic E-state index is 14.4. The predicted octanol–water partition coefficient (Wildman–Crippen LogP) is 4.40. The van der Waals surface area contributed by atoms with Crippen molar-refractivity contribution in [3.8, 4) is 22.5 Å². The second kappa shape index (κ2) is 8.16. The number of halogens is 3. The molecule has 2 aromatic carbocycles. The van der Waals surface area contributed by atoms with Gasteiger partial charge in [0.25, 0.3) is 0 Å². The second-order valence-corrected chi connectivity index (χ2v) is 6.28. The van der Waals surface area contributed by atoms with Gasteiger partial charge in [-0.3, -0.25) is 10.1 Å². The fourth-order valence-corrected chi connectivity index (χ4v) is 2.94. The summed E-state index contributed by atoms with van der Waals surface area (Å²) in [5, 5.41) is 6.27. The number of hydrogen-bond acceptors (Lipinski definition) is 5.